The Bertz CT molecular complexity index is 3590. The number of esters is 2. The predicted octanol–water partition coefficient (Wildman–Crippen LogP) is 5.73. The predicted molar refractivity (Wildman–Crippen MR) is 389 cm³/mol. The molecule has 0 spiro atoms. The summed E-state index contributed by atoms with van der Waals surface area (Å²) in [5, 5.41) is 78.9. The number of allylic oxidation sites excluding steroid dienone is 4. The fourth-order valence-electron chi connectivity index (χ4n) is 16.2. The summed E-state index contributed by atoms with van der Waals surface area (Å²) < 4.78 is 75.3. The van der Waals surface area contributed by atoms with Gasteiger partial charge in [-0.2, -0.15) is 0 Å². The van der Waals surface area contributed by atoms with Crippen LogP contribution in [-0.2, 0) is 71.3 Å². The number of likely N-dealkylation sites (N-methyl/N-ethyl adjacent to an activating group) is 1. The van der Waals surface area contributed by atoms with Crippen LogP contribution in [0.15, 0.2) is 47.5 Å². The lowest BCUT2D eigenvalue weighted by atomic mass is 9.74. The molecular formula is C78H118N4O26. The van der Waals surface area contributed by atoms with Gasteiger partial charge in [0.25, 0.3) is 11.7 Å². The lowest BCUT2D eigenvalue weighted by Gasteiger charge is -2.50. The van der Waals surface area contributed by atoms with Crippen molar-refractivity contribution in [2.75, 3.05) is 48.5 Å². The minimum Gasteiger partial charge on any atom is -0.507 e. The normalized spacial score (nSPS) is 40.3. The second-order valence-corrected chi connectivity index (χ2v) is 31.4. The van der Waals surface area contributed by atoms with Crippen LogP contribution < -0.4 is 20.7 Å². The Morgan fingerprint density at radius 2 is 1.37 bits per heavy atom. The maximum absolute atomic E-state index is 15.3. The van der Waals surface area contributed by atoms with Crippen LogP contribution in [-0.4, -0.2) is 246 Å². The number of cyclic esters (lactones) is 1. The molecule has 1 aliphatic carbocycles. The third-order valence-corrected chi connectivity index (χ3v) is 23.1. The van der Waals surface area contributed by atoms with Gasteiger partial charge in [0.15, 0.2) is 18.7 Å². The SMILES string of the molecule is CC[C@H]1OC(=O)[C@H](C)[C@@H](O[C@H]2C[C@@](C)(OC)[C@@H](OC(=O)NCCNC3=C4NC(=O)/C(C)=C\C=C\[C@@H](C)[C@H](O)[C@@H](C)[C@H](O)[C@H](C)[C@H](OC(C)=O)[C@H](C)[C@@H](OC)/C=C/O[C@@]5(C)Oc6c(C)c(O)c(c(c6C5=O)C3=O)C4=O)[C@H](C)O2)[C@H](C)[C@@H](O[C@@H]2O[C@H](C)C[C@H](N(C)C)[C@H]2O)[C@](C)(OC)C[C@@H](C)C(=O)[C@H](C)[C@@H](O)[C@]1(C)O. The average molecular weight is 1530 g/mol. The highest BCUT2D eigenvalue weighted by Crippen LogP contribution is 2.50. The van der Waals surface area contributed by atoms with Gasteiger partial charge in [-0.25, -0.2) is 4.79 Å². The van der Waals surface area contributed by atoms with E-state index in [1.54, 1.807) is 82.2 Å². The molecule has 7 aliphatic rings. The van der Waals surface area contributed by atoms with Gasteiger partial charge in [0.1, 0.15) is 58.2 Å². The summed E-state index contributed by atoms with van der Waals surface area (Å²) in [7, 11) is 7.87. The highest BCUT2D eigenvalue weighted by molar-refractivity contribution is 6.32. The van der Waals surface area contributed by atoms with Crippen molar-refractivity contribution in [3.63, 3.8) is 0 Å². The molecule has 0 radical (unpaired) electrons. The van der Waals surface area contributed by atoms with Gasteiger partial charge >= 0.3 is 23.8 Å². The molecule has 1 aromatic rings. The van der Waals surface area contributed by atoms with Crippen LogP contribution in [0.3, 0.4) is 0 Å². The number of alkyl carbamates (subject to hydrolysis) is 1. The van der Waals surface area contributed by atoms with Crippen molar-refractivity contribution in [2.24, 2.45) is 47.3 Å². The summed E-state index contributed by atoms with van der Waals surface area (Å²) in [4.78, 5) is 117. The number of aliphatic hydroxyl groups is 5. The molecule has 1 aromatic carbocycles. The van der Waals surface area contributed by atoms with Crippen molar-refractivity contribution in [2.45, 2.75) is 265 Å². The number of hydrogen-bond acceptors (Lipinski definition) is 28. The van der Waals surface area contributed by atoms with Gasteiger partial charge < -0.3 is 108 Å². The first kappa shape index (κ1) is 88.4. The lowest BCUT2D eigenvalue weighted by molar-refractivity contribution is -0.319. The lowest BCUT2D eigenvalue weighted by Crippen LogP contribution is -2.62. The second-order valence-electron chi connectivity index (χ2n) is 31.4. The van der Waals surface area contributed by atoms with Gasteiger partial charge in [0.2, 0.25) is 11.6 Å². The summed E-state index contributed by atoms with van der Waals surface area (Å²) in [5.41, 5.74) is -7.93. The van der Waals surface area contributed by atoms with Gasteiger partial charge in [-0.3, -0.25) is 33.6 Å². The van der Waals surface area contributed by atoms with E-state index in [-0.39, 0.29) is 49.2 Å². The van der Waals surface area contributed by atoms with Crippen LogP contribution in [0.1, 0.15) is 180 Å². The van der Waals surface area contributed by atoms with Crippen molar-refractivity contribution in [3.05, 3.63) is 69.8 Å². The molecule has 3 fully saturated rings. The van der Waals surface area contributed by atoms with Crippen LogP contribution >= 0.6 is 0 Å². The number of hydrogen-bond donors (Lipinski definition) is 9. The molecule has 8 rings (SSSR count). The summed E-state index contributed by atoms with van der Waals surface area (Å²) in [6, 6.07) is -0.411. The molecule has 5 bridgehead atoms. The van der Waals surface area contributed by atoms with E-state index in [4.69, 9.17) is 56.8 Å². The maximum atomic E-state index is 15.3. The summed E-state index contributed by atoms with van der Waals surface area (Å²) in [6.07, 6.45) is -9.73. The van der Waals surface area contributed by atoms with Gasteiger partial charge in [-0.05, 0) is 94.8 Å². The number of nitrogens with zero attached hydrogens (tertiary/aromatic N) is 1. The molecule has 0 aromatic heterocycles. The second kappa shape index (κ2) is 35.7. The zero-order valence-electron chi connectivity index (χ0n) is 66.7. The number of ether oxygens (including phenoxy) is 12. The minimum atomic E-state index is -2.25. The largest absolute Gasteiger partial charge is 0.507 e. The summed E-state index contributed by atoms with van der Waals surface area (Å²) >= 11 is 0. The Morgan fingerprint density at radius 3 is 1.97 bits per heavy atom. The van der Waals surface area contributed by atoms with Crippen LogP contribution in [0.4, 0.5) is 4.79 Å². The van der Waals surface area contributed by atoms with Crippen molar-refractivity contribution in [1.82, 2.24) is 20.9 Å². The third-order valence-electron chi connectivity index (χ3n) is 23.1. The number of ketones is 4. The average Bonchev–Trinajstić information content (AvgIpc) is 1.52. The highest BCUT2D eigenvalue weighted by Gasteiger charge is 2.57. The number of carbonyl (C=O) groups excluding carboxylic acids is 8. The fraction of sp³-hybridized carbons (Fsp3) is 0.718. The van der Waals surface area contributed by atoms with Crippen LogP contribution in [0.5, 0.6) is 11.5 Å². The van der Waals surface area contributed by atoms with Gasteiger partial charge in [-0.1, -0.05) is 73.6 Å². The highest BCUT2D eigenvalue weighted by atomic mass is 16.7. The number of phenols is 1. The Hall–Kier alpha value is -6.78. The van der Waals surface area contributed by atoms with Gasteiger partial charge in [0, 0.05) is 113 Å². The van der Waals surface area contributed by atoms with E-state index in [1.165, 1.54) is 81.1 Å². The van der Waals surface area contributed by atoms with Crippen molar-refractivity contribution >= 4 is 47.1 Å². The Labute approximate surface area is 633 Å². The summed E-state index contributed by atoms with van der Waals surface area (Å²) in [5.74, 6) is -16.2. The van der Waals surface area contributed by atoms with E-state index in [1.807, 2.05) is 25.9 Å². The van der Waals surface area contributed by atoms with Crippen LogP contribution in [0.2, 0.25) is 0 Å². The van der Waals surface area contributed by atoms with Crippen LogP contribution in [0.25, 0.3) is 0 Å². The van der Waals surface area contributed by atoms with Crippen molar-refractivity contribution < 1.29 is 126 Å². The molecule has 606 valence electrons. The molecule has 6 aliphatic heterocycles. The molecule has 9 N–H and O–H groups in total. The number of aromatic hydroxyl groups is 1. The van der Waals surface area contributed by atoms with Crippen LogP contribution in [0, 0.1) is 54.3 Å². The molecule has 0 saturated carbocycles. The van der Waals surface area contributed by atoms with Crippen molar-refractivity contribution in [1.29, 1.82) is 0 Å². The van der Waals surface area contributed by atoms with E-state index >= 15 is 9.59 Å². The first-order valence-electron chi connectivity index (χ1n) is 37.3. The van der Waals surface area contributed by atoms with E-state index < -0.39 is 243 Å². The molecule has 108 heavy (non-hydrogen) atoms. The number of benzene rings is 1. The number of aliphatic hydroxyl groups excluding tert-OH is 4. The quantitative estimate of drug-likeness (QED) is 0.0574. The maximum Gasteiger partial charge on any atom is 0.407 e. The Balaban J connectivity index is 1.18. The first-order chi connectivity index (χ1) is 50.3. The monoisotopic (exact) mass is 1530 g/mol. The number of amides is 2. The molecule has 30 heteroatoms. The Kier molecular flexibility index (Phi) is 29.2. The number of Topliss-reactive ketones (excluding diaryl/α,β-unsaturated/α-hetero) is 4. The van der Waals surface area contributed by atoms with E-state index in [9.17, 15) is 59.4 Å². The number of carbonyl (C=O) groups is 8. The molecule has 2 amide bonds. The fourth-order valence-corrected chi connectivity index (χ4v) is 16.2. The first-order valence-corrected chi connectivity index (χ1v) is 37.3. The third kappa shape index (κ3) is 18.4. The number of nitrogens with one attached hydrogen (secondary N) is 3. The molecule has 27 atom stereocenters. The van der Waals surface area contributed by atoms with E-state index in [0.29, 0.717) is 6.42 Å². The number of rotatable bonds is 15. The number of phenolic OH excluding ortho intramolecular Hbond substituents is 1. The number of fused-ring (bicyclic) bond motifs is 14. The zero-order valence-corrected chi connectivity index (χ0v) is 66.7. The smallest absolute Gasteiger partial charge is 0.407 e. The van der Waals surface area contributed by atoms with E-state index in [0.717, 1.165) is 6.26 Å². The number of methoxy groups -OCH3 is 3. The standard InChI is InChI=1S/C78H118N4O26/c1-24-50-77(17,96)67(91)43(10)58(85)37(4)33-75(15,98-22)69(106-73-61(88)48(82(19)20)32-38(5)101-73)44(11)65(45(12)72(94)104-50)105-51-34-76(16,99-23)70(46(13)102-51)107-74(95)80-30-29-79-55-56-63(90)53-52(62(55)89)54-66(42(9)60(53)87)108-78(18,68(54)92)100-31-28-49(97-21)39(6)64(103-47(14)83)41(8)59(86)40(7)57(84)35(2)26-25-27-36(3)71(93)81-56/h25-28,31,35,37-41,43-46,48-51,57,59,61,64-65,67,69-70,73,79,84,86-88,91,96H,24,29-30,32-34H2,1-23H3,(H,80,95)(H,81,93)/b26-25+,31-28+,36-27-/t35-,37-,38-,39-,40-,41+,43+,44+,45-,46+,48+,49+,50-,51+,57+,59+,61-,64-,65+,67-,69-,70+,73+,75-,76-,77-,78+/m1/s1. The molecule has 6 heterocycles. The molecule has 0 unspecified atom stereocenters. The molecule has 30 nitrogen and oxygen atoms in total. The zero-order chi connectivity index (χ0) is 81.1. The van der Waals surface area contributed by atoms with Gasteiger partial charge in [-0.15, -0.1) is 0 Å². The molecular weight excluding hydrogens is 1410 g/mol. The molecule has 3 saturated heterocycles. The Morgan fingerprint density at radius 1 is 0.731 bits per heavy atom. The van der Waals surface area contributed by atoms with E-state index in [2.05, 4.69) is 16.0 Å². The summed E-state index contributed by atoms with van der Waals surface area (Å²) in [6.45, 7) is 27.6. The minimum absolute atomic E-state index is 0.00519. The van der Waals surface area contributed by atoms with Crippen molar-refractivity contribution in [3.8, 4) is 11.5 Å². The van der Waals surface area contributed by atoms with Gasteiger partial charge in [0.05, 0.1) is 83.3 Å². The topological polar surface area (TPSA) is 408 Å².